The van der Waals surface area contributed by atoms with Crippen LogP contribution in [0.5, 0.6) is 11.6 Å². The maximum atomic E-state index is 12.4. The molecule has 0 fully saturated rings. The van der Waals surface area contributed by atoms with Gasteiger partial charge < -0.3 is 9.84 Å². The molecule has 1 heterocycles. The molecule has 0 radical (unpaired) electrons. The van der Waals surface area contributed by atoms with Crippen LogP contribution >= 0.6 is 0 Å². The Morgan fingerprint density at radius 3 is 2.37 bits per heavy atom. The number of pyridine rings is 1. The van der Waals surface area contributed by atoms with E-state index in [-0.39, 0.29) is 18.2 Å². The largest absolute Gasteiger partial charge is 0.439 e. The third-order valence-corrected chi connectivity index (χ3v) is 2.42. The number of benzene rings is 1. The monoisotopic (exact) mass is 269 g/mol. The van der Waals surface area contributed by atoms with E-state index in [0.717, 1.165) is 12.1 Å². The molecule has 3 nitrogen and oxygen atoms in total. The van der Waals surface area contributed by atoms with Gasteiger partial charge >= 0.3 is 6.18 Å². The summed E-state index contributed by atoms with van der Waals surface area (Å²) in [6.07, 6.45) is -2.90. The van der Waals surface area contributed by atoms with Gasteiger partial charge in [-0.2, -0.15) is 13.2 Å². The lowest BCUT2D eigenvalue weighted by Gasteiger charge is -2.10. The lowest BCUT2D eigenvalue weighted by molar-refractivity contribution is -0.137. The van der Waals surface area contributed by atoms with Gasteiger partial charge in [0.25, 0.3) is 0 Å². The fourth-order valence-electron chi connectivity index (χ4n) is 1.46. The smallest absolute Gasteiger partial charge is 0.416 e. The van der Waals surface area contributed by atoms with Gasteiger partial charge in [-0.3, -0.25) is 0 Å². The molecule has 0 saturated heterocycles. The predicted octanol–water partition coefficient (Wildman–Crippen LogP) is 3.39. The van der Waals surface area contributed by atoms with Crippen molar-refractivity contribution >= 4 is 0 Å². The highest BCUT2D eigenvalue weighted by Crippen LogP contribution is 2.31. The Labute approximate surface area is 107 Å². The molecule has 1 N–H and O–H groups in total. The lowest BCUT2D eigenvalue weighted by atomic mass is 10.2. The Bertz CT molecular complexity index is 553. The molecule has 0 aliphatic heterocycles. The van der Waals surface area contributed by atoms with Crippen molar-refractivity contribution in [2.75, 3.05) is 0 Å². The Balaban J connectivity index is 2.20. The van der Waals surface area contributed by atoms with E-state index in [1.807, 2.05) is 0 Å². The van der Waals surface area contributed by atoms with Crippen LogP contribution in [-0.2, 0) is 12.8 Å². The Hall–Kier alpha value is -2.08. The summed E-state index contributed by atoms with van der Waals surface area (Å²) in [6, 6.07) is 7.52. The molecular formula is C13H10F3NO2. The van der Waals surface area contributed by atoms with Gasteiger partial charge in [0, 0.05) is 11.8 Å². The first-order valence-electron chi connectivity index (χ1n) is 5.40. The van der Waals surface area contributed by atoms with E-state index >= 15 is 0 Å². The molecule has 100 valence electrons. The van der Waals surface area contributed by atoms with Crippen LogP contribution in [0.1, 0.15) is 11.1 Å². The third-order valence-electron chi connectivity index (χ3n) is 2.42. The van der Waals surface area contributed by atoms with Crippen LogP contribution in [0.2, 0.25) is 0 Å². The number of hydrogen-bond donors (Lipinski definition) is 1. The fraction of sp³-hybridized carbons (Fsp3) is 0.154. The first-order chi connectivity index (χ1) is 9.00. The number of aromatic nitrogens is 1. The second-order valence-corrected chi connectivity index (χ2v) is 3.75. The van der Waals surface area contributed by atoms with E-state index < -0.39 is 11.7 Å². The number of halogens is 3. The van der Waals surface area contributed by atoms with Gasteiger partial charge in [0.15, 0.2) is 0 Å². The van der Waals surface area contributed by atoms with Gasteiger partial charge in [0.2, 0.25) is 5.88 Å². The highest BCUT2D eigenvalue weighted by molar-refractivity contribution is 5.34. The van der Waals surface area contributed by atoms with Crippen molar-refractivity contribution in [3.8, 4) is 11.6 Å². The van der Waals surface area contributed by atoms with Crippen LogP contribution in [0.15, 0.2) is 42.6 Å². The molecule has 0 aliphatic carbocycles. The van der Waals surface area contributed by atoms with Crippen molar-refractivity contribution in [3.05, 3.63) is 53.7 Å². The quantitative estimate of drug-likeness (QED) is 0.928. The minimum atomic E-state index is -4.38. The highest BCUT2D eigenvalue weighted by atomic mass is 19.4. The second kappa shape index (κ2) is 5.27. The Kier molecular flexibility index (Phi) is 3.71. The van der Waals surface area contributed by atoms with E-state index in [4.69, 9.17) is 9.84 Å². The molecular weight excluding hydrogens is 259 g/mol. The summed E-state index contributed by atoms with van der Waals surface area (Å²) in [5.74, 6) is 0.395. The highest BCUT2D eigenvalue weighted by Gasteiger charge is 2.30. The molecule has 1 aromatic heterocycles. The van der Waals surface area contributed by atoms with Gasteiger partial charge in [-0.25, -0.2) is 4.98 Å². The standard InChI is InChI=1S/C13H10F3NO2/c14-13(15,16)10-3-5-11(6-4-10)19-12-9(8-18)2-1-7-17-12/h1-7,18H,8H2. The number of alkyl halides is 3. The number of aliphatic hydroxyl groups excluding tert-OH is 1. The Morgan fingerprint density at radius 1 is 1.11 bits per heavy atom. The molecule has 0 amide bonds. The number of nitrogens with zero attached hydrogens (tertiary/aromatic N) is 1. The Morgan fingerprint density at radius 2 is 1.79 bits per heavy atom. The van der Waals surface area contributed by atoms with Crippen molar-refractivity contribution in [1.82, 2.24) is 4.98 Å². The van der Waals surface area contributed by atoms with Crippen LogP contribution in [0.25, 0.3) is 0 Å². The van der Waals surface area contributed by atoms with Crippen LogP contribution in [-0.4, -0.2) is 10.1 Å². The predicted molar refractivity (Wildman–Crippen MR) is 61.7 cm³/mol. The normalized spacial score (nSPS) is 11.4. The van der Waals surface area contributed by atoms with Crippen LogP contribution < -0.4 is 4.74 Å². The molecule has 0 bridgehead atoms. The average Bonchev–Trinajstić information content (AvgIpc) is 2.39. The molecule has 0 unspecified atom stereocenters. The molecule has 2 rings (SSSR count). The summed E-state index contributed by atoms with van der Waals surface area (Å²) < 4.78 is 42.5. The van der Waals surface area contributed by atoms with E-state index in [9.17, 15) is 13.2 Å². The van der Waals surface area contributed by atoms with Gasteiger partial charge in [0.05, 0.1) is 12.2 Å². The second-order valence-electron chi connectivity index (χ2n) is 3.75. The summed E-state index contributed by atoms with van der Waals surface area (Å²) in [6.45, 7) is -0.260. The minimum Gasteiger partial charge on any atom is -0.439 e. The zero-order chi connectivity index (χ0) is 13.9. The van der Waals surface area contributed by atoms with E-state index in [1.54, 1.807) is 12.1 Å². The summed E-state index contributed by atoms with van der Waals surface area (Å²) in [5.41, 5.74) is -0.286. The van der Waals surface area contributed by atoms with Crippen molar-refractivity contribution in [2.45, 2.75) is 12.8 Å². The number of ether oxygens (including phenoxy) is 1. The van der Waals surface area contributed by atoms with Crippen molar-refractivity contribution in [2.24, 2.45) is 0 Å². The molecule has 2 aromatic rings. The summed E-state index contributed by atoms with van der Waals surface area (Å²) in [5, 5.41) is 9.08. The molecule has 6 heteroatoms. The maximum Gasteiger partial charge on any atom is 0.416 e. The summed E-state index contributed by atoms with van der Waals surface area (Å²) >= 11 is 0. The lowest BCUT2D eigenvalue weighted by Crippen LogP contribution is -2.04. The number of aliphatic hydroxyl groups is 1. The van der Waals surface area contributed by atoms with Gasteiger partial charge in [-0.1, -0.05) is 0 Å². The first kappa shape index (κ1) is 13.4. The van der Waals surface area contributed by atoms with Crippen LogP contribution in [0.3, 0.4) is 0 Å². The average molecular weight is 269 g/mol. The minimum absolute atomic E-state index is 0.171. The molecule has 1 aromatic carbocycles. The topological polar surface area (TPSA) is 42.4 Å². The van der Waals surface area contributed by atoms with Crippen molar-refractivity contribution in [1.29, 1.82) is 0 Å². The van der Waals surface area contributed by atoms with E-state index in [1.165, 1.54) is 18.3 Å². The van der Waals surface area contributed by atoms with E-state index in [2.05, 4.69) is 4.98 Å². The molecule has 0 spiro atoms. The number of rotatable bonds is 3. The van der Waals surface area contributed by atoms with Crippen LogP contribution in [0, 0.1) is 0 Å². The molecule has 0 saturated carbocycles. The summed E-state index contributed by atoms with van der Waals surface area (Å²) in [7, 11) is 0. The molecule has 0 atom stereocenters. The molecule has 19 heavy (non-hydrogen) atoms. The zero-order valence-electron chi connectivity index (χ0n) is 9.69. The van der Waals surface area contributed by atoms with Gasteiger partial charge in [-0.15, -0.1) is 0 Å². The van der Waals surface area contributed by atoms with Crippen LogP contribution in [0.4, 0.5) is 13.2 Å². The molecule has 0 aliphatic rings. The fourth-order valence-corrected chi connectivity index (χ4v) is 1.46. The van der Waals surface area contributed by atoms with Crippen molar-refractivity contribution < 1.29 is 23.0 Å². The van der Waals surface area contributed by atoms with E-state index in [0.29, 0.717) is 5.56 Å². The first-order valence-corrected chi connectivity index (χ1v) is 5.40. The summed E-state index contributed by atoms with van der Waals surface area (Å²) in [4.78, 5) is 3.91. The number of hydrogen-bond acceptors (Lipinski definition) is 3. The van der Waals surface area contributed by atoms with Gasteiger partial charge in [0.1, 0.15) is 5.75 Å². The maximum absolute atomic E-state index is 12.4. The third kappa shape index (κ3) is 3.23. The SMILES string of the molecule is OCc1cccnc1Oc1ccc(C(F)(F)F)cc1. The zero-order valence-corrected chi connectivity index (χ0v) is 9.69. The van der Waals surface area contributed by atoms with Gasteiger partial charge in [-0.05, 0) is 36.4 Å². The van der Waals surface area contributed by atoms with Crippen molar-refractivity contribution in [3.63, 3.8) is 0 Å².